The van der Waals surface area contributed by atoms with Crippen LogP contribution >= 0.6 is 11.3 Å². The molecule has 2 aromatic heterocycles. The molecule has 0 saturated heterocycles. The first-order valence-electron chi connectivity index (χ1n) is 9.65. The molecule has 0 aliphatic heterocycles. The van der Waals surface area contributed by atoms with Gasteiger partial charge in [-0.3, -0.25) is 4.79 Å². The van der Waals surface area contributed by atoms with Crippen LogP contribution in [0.1, 0.15) is 22.5 Å². The molecule has 0 unspecified atom stereocenters. The van der Waals surface area contributed by atoms with Gasteiger partial charge in [-0.1, -0.05) is 60.7 Å². The summed E-state index contributed by atoms with van der Waals surface area (Å²) in [5.74, 6) is 0.701. The SMILES string of the molecule is Cc1ccc(-c2csc3nc(Cc4cccc5ccccc45)[nH]c(=O)c23)cc1C. The van der Waals surface area contributed by atoms with E-state index in [4.69, 9.17) is 4.98 Å². The van der Waals surface area contributed by atoms with Gasteiger partial charge in [-0.05, 0) is 46.9 Å². The second-order valence-electron chi connectivity index (χ2n) is 7.46. The van der Waals surface area contributed by atoms with Crippen LogP contribution in [0.3, 0.4) is 0 Å². The average Bonchev–Trinajstić information content (AvgIpc) is 3.15. The van der Waals surface area contributed by atoms with Gasteiger partial charge in [0.2, 0.25) is 0 Å². The molecule has 3 aromatic carbocycles. The lowest BCUT2D eigenvalue weighted by molar-refractivity contribution is 0.983. The van der Waals surface area contributed by atoms with Gasteiger partial charge in [0.25, 0.3) is 5.56 Å². The number of hydrogen-bond acceptors (Lipinski definition) is 3. The minimum absolute atomic E-state index is 0.0697. The molecule has 0 fully saturated rings. The van der Waals surface area contributed by atoms with Crippen LogP contribution in [0, 0.1) is 13.8 Å². The van der Waals surface area contributed by atoms with E-state index in [0.717, 1.165) is 21.5 Å². The topological polar surface area (TPSA) is 45.8 Å². The van der Waals surface area contributed by atoms with Crippen molar-refractivity contribution in [2.24, 2.45) is 0 Å². The van der Waals surface area contributed by atoms with Crippen molar-refractivity contribution in [2.75, 3.05) is 0 Å². The molecule has 0 aliphatic carbocycles. The van der Waals surface area contributed by atoms with E-state index < -0.39 is 0 Å². The fourth-order valence-corrected chi connectivity index (χ4v) is 4.79. The summed E-state index contributed by atoms with van der Waals surface area (Å²) in [5, 5.41) is 5.11. The summed E-state index contributed by atoms with van der Waals surface area (Å²) < 4.78 is 0. The van der Waals surface area contributed by atoms with Gasteiger partial charge in [0, 0.05) is 17.4 Å². The first-order chi connectivity index (χ1) is 14.1. The largest absolute Gasteiger partial charge is 0.310 e. The number of rotatable bonds is 3. The molecular formula is C25H20N2OS. The summed E-state index contributed by atoms with van der Waals surface area (Å²) in [5.41, 5.74) is 5.58. The third-order valence-corrected chi connectivity index (χ3v) is 6.42. The maximum Gasteiger partial charge on any atom is 0.260 e. The van der Waals surface area contributed by atoms with E-state index in [1.165, 1.54) is 33.2 Å². The first kappa shape index (κ1) is 17.8. The van der Waals surface area contributed by atoms with Crippen molar-refractivity contribution in [1.82, 2.24) is 9.97 Å². The molecule has 0 spiro atoms. The summed E-state index contributed by atoms with van der Waals surface area (Å²) in [6.45, 7) is 4.19. The van der Waals surface area contributed by atoms with Crippen molar-refractivity contribution in [3.05, 3.63) is 98.9 Å². The van der Waals surface area contributed by atoms with Gasteiger partial charge in [0.05, 0.1) is 5.39 Å². The molecule has 29 heavy (non-hydrogen) atoms. The number of aromatic nitrogens is 2. The summed E-state index contributed by atoms with van der Waals surface area (Å²) in [6.07, 6.45) is 0.601. The number of nitrogens with zero attached hydrogens (tertiary/aromatic N) is 1. The zero-order valence-electron chi connectivity index (χ0n) is 16.3. The third kappa shape index (κ3) is 3.15. The van der Waals surface area contributed by atoms with Crippen LogP contribution in [0.4, 0.5) is 0 Å². The molecule has 0 atom stereocenters. The number of hydrogen-bond donors (Lipinski definition) is 1. The molecule has 0 aliphatic rings. The zero-order chi connectivity index (χ0) is 20.0. The predicted octanol–water partition coefficient (Wildman–Crippen LogP) is 6.01. The Morgan fingerprint density at radius 3 is 2.66 bits per heavy atom. The average molecular weight is 397 g/mol. The Hall–Kier alpha value is -3.24. The van der Waals surface area contributed by atoms with Gasteiger partial charge in [-0.15, -0.1) is 11.3 Å². The molecule has 0 bridgehead atoms. The third-order valence-electron chi connectivity index (χ3n) is 5.55. The smallest absolute Gasteiger partial charge is 0.260 e. The van der Waals surface area contributed by atoms with Crippen molar-refractivity contribution in [3.8, 4) is 11.1 Å². The van der Waals surface area contributed by atoms with Crippen LogP contribution in [0.25, 0.3) is 32.1 Å². The van der Waals surface area contributed by atoms with Crippen molar-refractivity contribution in [3.63, 3.8) is 0 Å². The number of aryl methyl sites for hydroxylation is 2. The van der Waals surface area contributed by atoms with E-state index in [9.17, 15) is 4.79 Å². The Morgan fingerprint density at radius 1 is 0.966 bits per heavy atom. The fourth-order valence-electron chi connectivity index (χ4n) is 3.83. The zero-order valence-corrected chi connectivity index (χ0v) is 17.1. The molecule has 5 rings (SSSR count). The van der Waals surface area contributed by atoms with E-state index in [2.05, 4.69) is 67.4 Å². The highest BCUT2D eigenvalue weighted by Gasteiger charge is 2.14. The molecule has 5 aromatic rings. The Labute approximate surface area is 172 Å². The molecule has 0 amide bonds. The molecule has 142 valence electrons. The first-order valence-corrected chi connectivity index (χ1v) is 10.5. The molecule has 0 radical (unpaired) electrons. The van der Waals surface area contributed by atoms with Crippen LogP contribution in [-0.2, 0) is 6.42 Å². The lowest BCUT2D eigenvalue weighted by Crippen LogP contribution is -2.11. The van der Waals surface area contributed by atoms with E-state index >= 15 is 0 Å². The Kier molecular flexibility index (Phi) is 4.29. The van der Waals surface area contributed by atoms with Crippen molar-refractivity contribution in [2.45, 2.75) is 20.3 Å². The number of H-pyrrole nitrogens is 1. The van der Waals surface area contributed by atoms with Gasteiger partial charge in [0.1, 0.15) is 10.7 Å². The normalized spacial score (nSPS) is 11.4. The molecule has 0 saturated carbocycles. The van der Waals surface area contributed by atoms with Gasteiger partial charge in [-0.2, -0.15) is 0 Å². The molecule has 3 nitrogen and oxygen atoms in total. The number of fused-ring (bicyclic) bond motifs is 2. The molecule has 2 heterocycles. The van der Waals surface area contributed by atoms with E-state index in [0.29, 0.717) is 17.6 Å². The molecule has 4 heteroatoms. The van der Waals surface area contributed by atoms with Crippen LogP contribution < -0.4 is 5.56 Å². The van der Waals surface area contributed by atoms with Crippen molar-refractivity contribution < 1.29 is 0 Å². The van der Waals surface area contributed by atoms with E-state index in [1.807, 2.05) is 17.5 Å². The molecule has 1 N–H and O–H groups in total. The minimum Gasteiger partial charge on any atom is -0.310 e. The van der Waals surface area contributed by atoms with Gasteiger partial charge in [0.15, 0.2) is 0 Å². The van der Waals surface area contributed by atoms with E-state index in [-0.39, 0.29) is 5.56 Å². The summed E-state index contributed by atoms with van der Waals surface area (Å²) in [4.78, 5) is 21.6. The standard InChI is InChI=1S/C25H20N2OS/c1-15-10-11-19(12-16(15)2)21-14-29-25-23(21)24(28)26-22(27-25)13-18-8-5-7-17-6-3-4-9-20(17)18/h3-12,14H,13H2,1-2H3,(H,26,27,28). The monoisotopic (exact) mass is 396 g/mol. The summed E-state index contributed by atoms with van der Waals surface area (Å²) >= 11 is 1.53. The van der Waals surface area contributed by atoms with Crippen LogP contribution in [0.5, 0.6) is 0 Å². The Bertz CT molecular complexity index is 1420. The number of nitrogens with one attached hydrogen (secondary N) is 1. The molecular weight excluding hydrogens is 376 g/mol. The highest BCUT2D eigenvalue weighted by atomic mass is 32.1. The Balaban J connectivity index is 1.59. The predicted molar refractivity (Wildman–Crippen MR) is 122 cm³/mol. The lowest BCUT2D eigenvalue weighted by atomic mass is 10.0. The highest BCUT2D eigenvalue weighted by Crippen LogP contribution is 2.32. The maximum absolute atomic E-state index is 13.0. The second-order valence-corrected chi connectivity index (χ2v) is 8.31. The van der Waals surface area contributed by atoms with Gasteiger partial charge in [-0.25, -0.2) is 4.98 Å². The summed E-state index contributed by atoms with van der Waals surface area (Å²) in [7, 11) is 0. The second kappa shape index (κ2) is 6.98. The minimum atomic E-state index is -0.0697. The van der Waals surface area contributed by atoms with Crippen molar-refractivity contribution >= 4 is 32.3 Å². The maximum atomic E-state index is 13.0. The number of thiophene rings is 1. The van der Waals surface area contributed by atoms with Crippen molar-refractivity contribution in [1.29, 1.82) is 0 Å². The fraction of sp³-hybridized carbons (Fsp3) is 0.120. The number of aromatic amines is 1. The van der Waals surface area contributed by atoms with Gasteiger partial charge < -0.3 is 4.98 Å². The lowest BCUT2D eigenvalue weighted by Gasteiger charge is -2.07. The Morgan fingerprint density at radius 2 is 1.79 bits per heavy atom. The van der Waals surface area contributed by atoms with Crippen LogP contribution in [0.15, 0.2) is 70.8 Å². The van der Waals surface area contributed by atoms with Crippen LogP contribution in [-0.4, -0.2) is 9.97 Å². The van der Waals surface area contributed by atoms with Gasteiger partial charge >= 0.3 is 0 Å². The quantitative estimate of drug-likeness (QED) is 0.406. The highest BCUT2D eigenvalue weighted by molar-refractivity contribution is 7.17. The van der Waals surface area contributed by atoms with E-state index in [1.54, 1.807) is 0 Å². The van der Waals surface area contributed by atoms with Crippen LogP contribution in [0.2, 0.25) is 0 Å². The number of benzene rings is 3. The summed E-state index contributed by atoms with van der Waals surface area (Å²) in [6, 6.07) is 20.9.